The molecule has 0 fully saturated rings. The molecule has 1 heterocycles. The lowest BCUT2D eigenvalue weighted by Crippen LogP contribution is -1.83. The Balaban J connectivity index is 2.76. The Labute approximate surface area is 40.5 Å². The van der Waals surface area contributed by atoms with E-state index >= 15 is 0 Å². The summed E-state index contributed by atoms with van der Waals surface area (Å²) >= 11 is 0. The van der Waals surface area contributed by atoms with E-state index in [9.17, 15) is 0 Å². The zero-order valence-electron chi connectivity index (χ0n) is 3.59. The monoisotopic (exact) mass is 99.0 g/mol. The smallest absolute Gasteiger partial charge is 0.216 e. The van der Waals surface area contributed by atoms with E-state index in [2.05, 4.69) is 4.42 Å². The Morgan fingerprint density at radius 1 is 1.71 bits per heavy atom. The van der Waals surface area contributed by atoms with E-state index in [4.69, 9.17) is 5.21 Å². The van der Waals surface area contributed by atoms with Gasteiger partial charge in [-0.25, -0.2) is 5.48 Å². The quantitative estimate of drug-likeness (QED) is 0.518. The van der Waals surface area contributed by atoms with Crippen LogP contribution < -0.4 is 5.48 Å². The van der Waals surface area contributed by atoms with E-state index in [-0.39, 0.29) is 0 Å². The molecule has 0 bridgehead atoms. The number of hydrogen-bond donors (Lipinski definition) is 2. The highest BCUT2D eigenvalue weighted by Gasteiger charge is 1.83. The van der Waals surface area contributed by atoms with Crippen LogP contribution in [0.25, 0.3) is 0 Å². The largest absolute Gasteiger partial charge is 0.447 e. The van der Waals surface area contributed by atoms with Crippen LogP contribution in [0.1, 0.15) is 0 Å². The van der Waals surface area contributed by atoms with E-state index < -0.39 is 0 Å². The summed E-state index contributed by atoms with van der Waals surface area (Å²) in [5, 5.41) is 8.08. The van der Waals surface area contributed by atoms with E-state index in [0.717, 1.165) is 0 Å². The number of anilines is 1. The summed E-state index contributed by atoms with van der Waals surface area (Å²) in [6.07, 6.45) is 1.47. The van der Waals surface area contributed by atoms with Gasteiger partial charge in [0.05, 0.1) is 6.26 Å². The lowest BCUT2D eigenvalue weighted by Gasteiger charge is -1.84. The first-order chi connectivity index (χ1) is 3.43. The van der Waals surface area contributed by atoms with Crippen LogP contribution in [0.3, 0.4) is 0 Å². The summed E-state index contributed by atoms with van der Waals surface area (Å²) in [6, 6.07) is 3.29. The van der Waals surface area contributed by atoms with Crippen molar-refractivity contribution in [2.45, 2.75) is 0 Å². The molecule has 0 aliphatic rings. The molecular weight excluding hydrogens is 94.0 g/mol. The first kappa shape index (κ1) is 4.21. The highest BCUT2D eigenvalue weighted by molar-refractivity contribution is 5.25. The second-order valence-corrected chi connectivity index (χ2v) is 1.09. The molecule has 3 nitrogen and oxygen atoms in total. The van der Waals surface area contributed by atoms with E-state index in [1.165, 1.54) is 6.26 Å². The van der Waals surface area contributed by atoms with Crippen molar-refractivity contribution in [2.24, 2.45) is 0 Å². The van der Waals surface area contributed by atoms with Crippen molar-refractivity contribution in [3.8, 4) is 0 Å². The Kier molecular flexibility index (Phi) is 0.997. The first-order valence-corrected chi connectivity index (χ1v) is 1.87. The minimum Gasteiger partial charge on any atom is -0.447 e. The summed E-state index contributed by atoms with van der Waals surface area (Å²) in [5.41, 5.74) is 1.84. The van der Waals surface area contributed by atoms with E-state index in [0.29, 0.717) is 5.88 Å². The molecule has 2 N–H and O–H groups in total. The summed E-state index contributed by atoms with van der Waals surface area (Å²) in [7, 11) is 0. The minimum atomic E-state index is 0.361. The van der Waals surface area contributed by atoms with Gasteiger partial charge in [0.15, 0.2) is 0 Å². The average Bonchev–Trinajstić information content (AvgIpc) is 2.14. The number of furan rings is 1. The lowest BCUT2D eigenvalue weighted by molar-refractivity contribution is 0.362. The van der Waals surface area contributed by atoms with Crippen molar-refractivity contribution >= 4 is 5.88 Å². The normalized spacial score (nSPS) is 8.71. The third kappa shape index (κ3) is 0.721. The number of rotatable bonds is 1. The van der Waals surface area contributed by atoms with Crippen LogP contribution in [0.5, 0.6) is 0 Å². The second-order valence-electron chi connectivity index (χ2n) is 1.09. The zero-order valence-corrected chi connectivity index (χ0v) is 3.59. The molecule has 0 saturated heterocycles. The van der Waals surface area contributed by atoms with Crippen molar-refractivity contribution in [3.05, 3.63) is 18.4 Å². The van der Waals surface area contributed by atoms with Crippen LogP contribution in [-0.2, 0) is 0 Å². The van der Waals surface area contributed by atoms with Crippen LogP contribution in [0, 0.1) is 0 Å². The summed E-state index contributed by atoms with van der Waals surface area (Å²) < 4.78 is 4.62. The van der Waals surface area contributed by atoms with Gasteiger partial charge in [0.2, 0.25) is 5.88 Å². The van der Waals surface area contributed by atoms with Crippen LogP contribution in [0.4, 0.5) is 5.88 Å². The van der Waals surface area contributed by atoms with Gasteiger partial charge in [0.25, 0.3) is 0 Å². The van der Waals surface area contributed by atoms with Gasteiger partial charge in [-0.1, -0.05) is 0 Å². The predicted octanol–water partition coefficient (Wildman–Crippen LogP) is 1.08. The average molecular weight is 99.1 g/mol. The lowest BCUT2D eigenvalue weighted by atomic mass is 10.6. The van der Waals surface area contributed by atoms with Crippen molar-refractivity contribution in [3.63, 3.8) is 0 Å². The summed E-state index contributed by atoms with van der Waals surface area (Å²) in [6.45, 7) is 0. The SMILES string of the molecule is ONc1ccco1. The maximum atomic E-state index is 8.08. The number of hydrogen-bond acceptors (Lipinski definition) is 3. The van der Waals surface area contributed by atoms with Crippen LogP contribution in [-0.4, -0.2) is 5.21 Å². The van der Waals surface area contributed by atoms with Crippen molar-refractivity contribution in [1.82, 2.24) is 0 Å². The van der Waals surface area contributed by atoms with Crippen LogP contribution in [0.15, 0.2) is 22.8 Å². The first-order valence-electron chi connectivity index (χ1n) is 1.87. The third-order valence-electron chi connectivity index (χ3n) is 0.631. The molecule has 3 heteroatoms. The fourth-order valence-corrected chi connectivity index (χ4v) is 0.342. The molecule has 0 spiro atoms. The molecule has 0 atom stereocenters. The Bertz CT molecular complexity index is 124. The highest BCUT2D eigenvalue weighted by Crippen LogP contribution is 2.02. The molecule has 0 aliphatic heterocycles. The summed E-state index contributed by atoms with van der Waals surface area (Å²) in [4.78, 5) is 0. The van der Waals surface area contributed by atoms with Crippen molar-refractivity contribution in [1.29, 1.82) is 0 Å². The Morgan fingerprint density at radius 3 is 2.86 bits per heavy atom. The molecular formula is C4H5NO2. The predicted molar refractivity (Wildman–Crippen MR) is 24.1 cm³/mol. The van der Waals surface area contributed by atoms with Gasteiger partial charge < -0.3 is 4.42 Å². The van der Waals surface area contributed by atoms with Gasteiger partial charge in [-0.3, -0.25) is 5.21 Å². The molecule has 7 heavy (non-hydrogen) atoms. The van der Waals surface area contributed by atoms with Crippen molar-refractivity contribution < 1.29 is 9.62 Å². The Morgan fingerprint density at radius 2 is 2.57 bits per heavy atom. The van der Waals surface area contributed by atoms with Crippen LogP contribution in [0.2, 0.25) is 0 Å². The maximum absolute atomic E-state index is 8.08. The maximum Gasteiger partial charge on any atom is 0.216 e. The topological polar surface area (TPSA) is 45.4 Å². The number of nitrogens with one attached hydrogen (secondary N) is 1. The van der Waals surface area contributed by atoms with Gasteiger partial charge in [-0.05, 0) is 6.07 Å². The molecule has 1 aromatic rings. The van der Waals surface area contributed by atoms with Gasteiger partial charge in [-0.2, -0.15) is 0 Å². The molecule has 0 radical (unpaired) electrons. The van der Waals surface area contributed by atoms with Crippen LogP contribution >= 0.6 is 0 Å². The molecule has 0 saturated carbocycles. The zero-order chi connectivity index (χ0) is 5.11. The van der Waals surface area contributed by atoms with Gasteiger partial charge >= 0.3 is 0 Å². The molecule has 1 rings (SSSR count). The summed E-state index contributed by atoms with van der Waals surface area (Å²) in [5.74, 6) is 0.361. The van der Waals surface area contributed by atoms with E-state index in [1.807, 2.05) is 5.48 Å². The third-order valence-corrected chi connectivity index (χ3v) is 0.631. The molecule has 0 amide bonds. The van der Waals surface area contributed by atoms with Gasteiger partial charge in [0, 0.05) is 6.07 Å². The minimum absolute atomic E-state index is 0.361. The van der Waals surface area contributed by atoms with E-state index in [1.54, 1.807) is 12.1 Å². The van der Waals surface area contributed by atoms with Crippen molar-refractivity contribution in [2.75, 3.05) is 5.48 Å². The molecule has 0 aliphatic carbocycles. The van der Waals surface area contributed by atoms with Gasteiger partial charge in [0.1, 0.15) is 0 Å². The molecule has 0 unspecified atom stereocenters. The highest BCUT2D eigenvalue weighted by atomic mass is 16.5. The molecule has 38 valence electrons. The Hall–Kier alpha value is -0.960. The fraction of sp³-hybridized carbons (Fsp3) is 0. The molecule has 1 aromatic heterocycles. The molecule has 0 aromatic carbocycles. The second kappa shape index (κ2) is 1.66. The fourth-order valence-electron chi connectivity index (χ4n) is 0.342. The van der Waals surface area contributed by atoms with Gasteiger partial charge in [-0.15, -0.1) is 0 Å². The standard InChI is InChI=1S/C4H5NO2/c6-5-4-2-1-3-7-4/h1-3,5-6H.